The standard InChI is InChI=1S/C15H26N2S/c1-3-7-13-14(11-16-10-4-2)18-15(17-13)12-8-5-6-9-12/h12,16H,3-11H2,1-2H3. The summed E-state index contributed by atoms with van der Waals surface area (Å²) in [6.45, 7) is 6.60. The molecule has 1 aliphatic carbocycles. The average molecular weight is 266 g/mol. The summed E-state index contributed by atoms with van der Waals surface area (Å²) < 4.78 is 0. The molecule has 1 fully saturated rings. The average Bonchev–Trinajstić information content (AvgIpc) is 2.99. The molecule has 1 N–H and O–H groups in total. The van der Waals surface area contributed by atoms with Crippen LogP contribution >= 0.6 is 11.3 Å². The lowest BCUT2D eigenvalue weighted by Gasteiger charge is -2.02. The Bertz CT molecular complexity index is 353. The van der Waals surface area contributed by atoms with Crippen molar-refractivity contribution in [3.8, 4) is 0 Å². The minimum atomic E-state index is 0.769. The van der Waals surface area contributed by atoms with E-state index in [4.69, 9.17) is 4.98 Å². The van der Waals surface area contributed by atoms with Gasteiger partial charge in [0.25, 0.3) is 0 Å². The zero-order valence-corrected chi connectivity index (χ0v) is 12.6. The molecule has 0 unspecified atom stereocenters. The number of nitrogens with zero attached hydrogens (tertiary/aromatic N) is 1. The van der Waals surface area contributed by atoms with E-state index >= 15 is 0 Å². The van der Waals surface area contributed by atoms with E-state index in [-0.39, 0.29) is 0 Å². The molecular formula is C15H26N2S. The molecule has 0 atom stereocenters. The smallest absolute Gasteiger partial charge is 0.0962 e. The zero-order chi connectivity index (χ0) is 12.8. The molecule has 2 nitrogen and oxygen atoms in total. The van der Waals surface area contributed by atoms with E-state index in [2.05, 4.69) is 19.2 Å². The fourth-order valence-corrected chi connectivity index (χ4v) is 3.95. The van der Waals surface area contributed by atoms with E-state index in [9.17, 15) is 0 Å². The fraction of sp³-hybridized carbons (Fsp3) is 0.800. The minimum Gasteiger partial charge on any atom is -0.312 e. The van der Waals surface area contributed by atoms with Gasteiger partial charge in [-0.15, -0.1) is 11.3 Å². The molecule has 18 heavy (non-hydrogen) atoms. The molecule has 0 aliphatic heterocycles. The predicted octanol–water partition coefficient (Wildman–Crippen LogP) is 4.25. The van der Waals surface area contributed by atoms with Crippen molar-refractivity contribution in [1.29, 1.82) is 0 Å². The Hall–Kier alpha value is -0.410. The summed E-state index contributed by atoms with van der Waals surface area (Å²) in [5.41, 5.74) is 1.37. The van der Waals surface area contributed by atoms with Crippen LogP contribution in [-0.2, 0) is 13.0 Å². The van der Waals surface area contributed by atoms with Crippen LogP contribution in [0.2, 0.25) is 0 Å². The maximum absolute atomic E-state index is 4.94. The molecule has 2 rings (SSSR count). The zero-order valence-electron chi connectivity index (χ0n) is 11.8. The first kappa shape index (κ1) is 14.0. The number of aryl methyl sites for hydroxylation is 1. The molecule has 1 aromatic heterocycles. The highest BCUT2D eigenvalue weighted by Crippen LogP contribution is 2.37. The molecule has 0 saturated heterocycles. The van der Waals surface area contributed by atoms with Crippen LogP contribution in [0.25, 0.3) is 0 Å². The normalized spacial score (nSPS) is 16.6. The van der Waals surface area contributed by atoms with Crippen molar-refractivity contribution < 1.29 is 0 Å². The van der Waals surface area contributed by atoms with Gasteiger partial charge in [-0.2, -0.15) is 0 Å². The number of aromatic nitrogens is 1. The molecule has 3 heteroatoms. The quantitative estimate of drug-likeness (QED) is 0.746. The number of hydrogen-bond acceptors (Lipinski definition) is 3. The Labute approximate surface area is 115 Å². The second kappa shape index (κ2) is 7.25. The molecule has 1 heterocycles. The molecule has 0 radical (unpaired) electrons. The molecule has 0 amide bonds. The summed E-state index contributed by atoms with van der Waals surface area (Å²) in [5, 5.41) is 4.95. The predicted molar refractivity (Wildman–Crippen MR) is 79.3 cm³/mol. The van der Waals surface area contributed by atoms with Gasteiger partial charge in [0.1, 0.15) is 0 Å². The van der Waals surface area contributed by atoms with Crippen LogP contribution in [0.1, 0.15) is 73.9 Å². The highest BCUT2D eigenvalue weighted by molar-refractivity contribution is 7.11. The lowest BCUT2D eigenvalue weighted by atomic mass is 10.1. The summed E-state index contributed by atoms with van der Waals surface area (Å²) in [7, 11) is 0. The minimum absolute atomic E-state index is 0.769. The molecule has 1 aromatic rings. The summed E-state index contributed by atoms with van der Waals surface area (Å²) in [6, 6.07) is 0. The van der Waals surface area contributed by atoms with Gasteiger partial charge in [-0.05, 0) is 32.2 Å². The van der Waals surface area contributed by atoms with Crippen LogP contribution in [-0.4, -0.2) is 11.5 Å². The van der Waals surface area contributed by atoms with Crippen LogP contribution in [0.4, 0.5) is 0 Å². The molecule has 1 aliphatic rings. The second-order valence-corrected chi connectivity index (χ2v) is 6.45. The number of thiazole rings is 1. The first-order chi connectivity index (χ1) is 8.85. The summed E-state index contributed by atoms with van der Waals surface area (Å²) in [5.74, 6) is 0.769. The van der Waals surface area contributed by atoms with Gasteiger partial charge in [0.05, 0.1) is 10.7 Å². The van der Waals surface area contributed by atoms with Gasteiger partial charge in [-0.1, -0.05) is 33.1 Å². The van der Waals surface area contributed by atoms with Crippen molar-refractivity contribution in [2.24, 2.45) is 0 Å². The van der Waals surface area contributed by atoms with Gasteiger partial charge < -0.3 is 5.32 Å². The van der Waals surface area contributed by atoms with Crippen molar-refractivity contribution in [3.63, 3.8) is 0 Å². The SMILES string of the molecule is CCCNCc1sc(C2CCCC2)nc1CCC. The topological polar surface area (TPSA) is 24.9 Å². The van der Waals surface area contributed by atoms with Gasteiger partial charge in [-0.3, -0.25) is 0 Å². The van der Waals surface area contributed by atoms with Crippen molar-refractivity contribution in [1.82, 2.24) is 10.3 Å². The van der Waals surface area contributed by atoms with Crippen molar-refractivity contribution >= 4 is 11.3 Å². The van der Waals surface area contributed by atoms with Gasteiger partial charge >= 0.3 is 0 Å². The Balaban J connectivity index is 2.04. The molecule has 102 valence electrons. The Kier molecular flexibility index (Phi) is 5.64. The second-order valence-electron chi connectivity index (χ2n) is 5.33. The largest absolute Gasteiger partial charge is 0.312 e. The van der Waals surface area contributed by atoms with E-state index in [1.165, 1.54) is 54.1 Å². The first-order valence-corrected chi connectivity index (χ1v) is 8.36. The van der Waals surface area contributed by atoms with Crippen LogP contribution < -0.4 is 5.32 Å². The molecular weight excluding hydrogens is 240 g/mol. The maximum Gasteiger partial charge on any atom is 0.0962 e. The van der Waals surface area contributed by atoms with Crippen molar-refractivity contribution in [3.05, 3.63) is 15.6 Å². The Morgan fingerprint density at radius 3 is 2.67 bits per heavy atom. The lowest BCUT2D eigenvalue weighted by Crippen LogP contribution is -2.13. The number of nitrogens with one attached hydrogen (secondary N) is 1. The van der Waals surface area contributed by atoms with Gasteiger partial charge in [0, 0.05) is 17.3 Å². The third-order valence-corrected chi connectivity index (χ3v) is 4.96. The third kappa shape index (κ3) is 3.55. The van der Waals surface area contributed by atoms with Gasteiger partial charge in [-0.25, -0.2) is 4.98 Å². The molecule has 0 spiro atoms. The van der Waals surface area contributed by atoms with E-state index in [1.807, 2.05) is 11.3 Å². The first-order valence-electron chi connectivity index (χ1n) is 7.54. The molecule has 0 bridgehead atoms. The van der Waals surface area contributed by atoms with Crippen LogP contribution in [0.5, 0.6) is 0 Å². The molecule has 1 saturated carbocycles. The fourth-order valence-electron chi connectivity index (χ4n) is 2.70. The van der Waals surface area contributed by atoms with Gasteiger partial charge in [0.15, 0.2) is 0 Å². The van der Waals surface area contributed by atoms with E-state index in [0.29, 0.717) is 0 Å². The van der Waals surface area contributed by atoms with Crippen LogP contribution in [0.15, 0.2) is 0 Å². The van der Waals surface area contributed by atoms with Gasteiger partial charge in [0.2, 0.25) is 0 Å². The van der Waals surface area contributed by atoms with Crippen molar-refractivity contribution in [2.75, 3.05) is 6.54 Å². The lowest BCUT2D eigenvalue weighted by molar-refractivity contribution is 0.673. The highest BCUT2D eigenvalue weighted by atomic mass is 32.1. The van der Waals surface area contributed by atoms with Crippen molar-refractivity contribution in [2.45, 2.75) is 71.3 Å². The van der Waals surface area contributed by atoms with Crippen LogP contribution in [0, 0.1) is 0 Å². The van der Waals surface area contributed by atoms with E-state index in [0.717, 1.165) is 25.4 Å². The maximum atomic E-state index is 4.94. The highest BCUT2D eigenvalue weighted by Gasteiger charge is 2.22. The number of hydrogen-bond donors (Lipinski definition) is 1. The Morgan fingerprint density at radius 2 is 2.00 bits per heavy atom. The van der Waals surface area contributed by atoms with E-state index < -0.39 is 0 Å². The summed E-state index contributed by atoms with van der Waals surface area (Å²) in [4.78, 5) is 6.43. The number of rotatable bonds is 7. The monoisotopic (exact) mass is 266 g/mol. The van der Waals surface area contributed by atoms with E-state index in [1.54, 1.807) is 0 Å². The third-order valence-electron chi connectivity index (χ3n) is 3.70. The Morgan fingerprint density at radius 1 is 1.22 bits per heavy atom. The van der Waals surface area contributed by atoms with Crippen LogP contribution in [0.3, 0.4) is 0 Å². The summed E-state index contributed by atoms with van der Waals surface area (Å²) in [6.07, 6.45) is 9.08. The molecule has 0 aromatic carbocycles. The summed E-state index contributed by atoms with van der Waals surface area (Å²) >= 11 is 1.97.